The second-order valence-corrected chi connectivity index (χ2v) is 5.25. The lowest BCUT2D eigenvalue weighted by Gasteiger charge is -2.26. The molecule has 0 spiro atoms. The molecule has 0 amide bonds. The minimum absolute atomic E-state index is 0.342. The Morgan fingerprint density at radius 1 is 1.40 bits per heavy atom. The fourth-order valence-electron chi connectivity index (χ4n) is 2.58. The van der Waals surface area contributed by atoms with Crippen molar-refractivity contribution in [3.05, 3.63) is 23.2 Å². The second kappa shape index (κ2) is 7.45. The number of methoxy groups -OCH3 is 1. The number of nitrogens with one attached hydrogen (secondary N) is 1. The first kappa shape index (κ1) is 15.1. The van der Waals surface area contributed by atoms with Gasteiger partial charge in [0.2, 0.25) is 0 Å². The van der Waals surface area contributed by atoms with Gasteiger partial charge in [0.15, 0.2) is 0 Å². The van der Waals surface area contributed by atoms with Gasteiger partial charge in [-0.15, -0.1) is 0 Å². The molecule has 0 atom stereocenters. The zero-order chi connectivity index (χ0) is 14.4. The van der Waals surface area contributed by atoms with Crippen molar-refractivity contribution in [2.75, 3.05) is 33.3 Å². The van der Waals surface area contributed by atoms with Gasteiger partial charge in [-0.3, -0.25) is 0 Å². The van der Waals surface area contributed by atoms with Gasteiger partial charge in [0.1, 0.15) is 17.1 Å². The Labute approximate surface area is 120 Å². The maximum Gasteiger partial charge on any atom is 0.341 e. The minimum atomic E-state index is -0.342. The fraction of sp³-hybridized carbons (Fsp3) is 0.667. The molecule has 1 aliphatic heterocycles. The Bertz CT molecular complexity index is 436. The van der Waals surface area contributed by atoms with Gasteiger partial charge >= 0.3 is 5.97 Å². The molecule has 1 aromatic rings. The molecule has 0 aromatic carbocycles. The quantitative estimate of drug-likeness (QED) is 0.637. The molecule has 1 aromatic heterocycles. The molecular formula is C15H24N2O3. The number of aryl methyl sites for hydroxylation is 1. The zero-order valence-electron chi connectivity index (χ0n) is 12.4. The summed E-state index contributed by atoms with van der Waals surface area (Å²) in [7, 11) is 1.38. The summed E-state index contributed by atoms with van der Waals surface area (Å²) in [6.07, 6.45) is 4.01. The van der Waals surface area contributed by atoms with Crippen LogP contribution in [0.1, 0.15) is 41.1 Å². The monoisotopic (exact) mass is 280 g/mol. The Hall–Kier alpha value is -1.33. The van der Waals surface area contributed by atoms with E-state index in [-0.39, 0.29) is 5.97 Å². The number of nitrogens with zero attached hydrogens (tertiary/aromatic N) is 1. The Balaban J connectivity index is 1.72. The molecule has 1 fully saturated rings. The summed E-state index contributed by atoms with van der Waals surface area (Å²) in [6, 6.07) is 1.76. The number of piperidine rings is 1. The number of esters is 1. The van der Waals surface area contributed by atoms with Crippen LogP contribution in [0.25, 0.3) is 0 Å². The minimum Gasteiger partial charge on any atom is -0.465 e. The van der Waals surface area contributed by atoms with Gasteiger partial charge in [-0.1, -0.05) is 6.42 Å². The smallest absolute Gasteiger partial charge is 0.341 e. The van der Waals surface area contributed by atoms with Crippen LogP contribution in [0, 0.1) is 6.92 Å². The van der Waals surface area contributed by atoms with Crippen molar-refractivity contribution < 1.29 is 13.9 Å². The van der Waals surface area contributed by atoms with Crippen LogP contribution in [0.2, 0.25) is 0 Å². The van der Waals surface area contributed by atoms with Gasteiger partial charge in [-0.25, -0.2) is 4.79 Å². The van der Waals surface area contributed by atoms with E-state index in [1.807, 2.05) is 0 Å². The van der Waals surface area contributed by atoms with Crippen molar-refractivity contribution in [2.24, 2.45) is 0 Å². The summed E-state index contributed by atoms with van der Waals surface area (Å²) in [5.74, 6) is 1.05. The van der Waals surface area contributed by atoms with Crippen LogP contribution in [-0.2, 0) is 11.3 Å². The summed E-state index contributed by atoms with van der Waals surface area (Å²) in [6.45, 7) is 6.87. The van der Waals surface area contributed by atoms with Gasteiger partial charge in [-0.2, -0.15) is 0 Å². The second-order valence-electron chi connectivity index (χ2n) is 5.25. The molecule has 0 radical (unpaired) electrons. The van der Waals surface area contributed by atoms with E-state index in [2.05, 4.69) is 10.2 Å². The van der Waals surface area contributed by atoms with Crippen LogP contribution >= 0.6 is 0 Å². The third kappa shape index (κ3) is 4.08. The fourth-order valence-corrected chi connectivity index (χ4v) is 2.58. The van der Waals surface area contributed by atoms with Crippen molar-refractivity contribution in [2.45, 2.75) is 32.7 Å². The molecule has 1 saturated heterocycles. The average molecular weight is 280 g/mol. The van der Waals surface area contributed by atoms with E-state index >= 15 is 0 Å². The van der Waals surface area contributed by atoms with Crippen LogP contribution in [-0.4, -0.2) is 44.2 Å². The maximum absolute atomic E-state index is 11.5. The van der Waals surface area contributed by atoms with Gasteiger partial charge in [0, 0.05) is 13.1 Å². The maximum atomic E-state index is 11.5. The lowest BCUT2D eigenvalue weighted by atomic mass is 10.1. The summed E-state index contributed by atoms with van der Waals surface area (Å²) in [5.41, 5.74) is 0.514. The van der Waals surface area contributed by atoms with Gasteiger partial charge in [-0.05, 0) is 38.9 Å². The first-order valence-electron chi connectivity index (χ1n) is 7.31. The standard InChI is InChI=1S/C15H24N2O3/c1-12-14(15(18)19-2)10-13(20-12)11-16-6-9-17-7-4-3-5-8-17/h10,16H,3-9,11H2,1-2H3. The molecule has 0 bridgehead atoms. The number of furan rings is 1. The third-order valence-corrected chi connectivity index (χ3v) is 3.73. The number of rotatable bonds is 6. The largest absolute Gasteiger partial charge is 0.465 e. The number of likely N-dealkylation sites (tertiary alicyclic amines) is 1. The molecule has 2 heterocycles. The molecule has 1 N–H and O–H groups in total. The van der Waals surface area contributed by atoms with E-state index in [1.54, 1.807) is 13.0 Å². The first-order chi connectivity index (χ1) is 9.70. The highest BCUT2D eigenvalue weighted by Crippen LogP contribution is 2.15. The Kier molecular flexibility index (Phi) is 5.61. The lowest BCUT2D eigenvalue weighted by molar-refractivity contribution is 0.0599. The zero-order valence-corrected chi connectivity index (χ0v) is 12.4. The number of carbonyl (C=O) groups is 1. The molecule has 0 unspecified atom stereocenters. The van der Waals surface area contributed by atoms with Crippen molar-refractivity contribution in [1.82, 2.24) is 10.2 Å². The van der Waals surface area contributed by atoms with Crippen molar-refractivity contribution in [3.8, 4) is 0 Å². The normalized spacial score (nSPS) is 16.3. The molecule has 1 aliphatic rings. The highest BCUT2D eigenvalue weighted by Gasteiger charge is 2.15. The predicted octanol–water partition coefficient (Wildman–Crippen LogP) is 1.95. The van der Waals surface area contributed by atoms with Crippen LogP contribution < -0.4 is 5.32 Å². The molecule has 112 valence electrons. The molecule has 5 nitrogen and oxygen atoms in total. The molecular weight excluding hydrogens is 256 g/mol. The lowest BCUT2D eigenvalue weighted by Crippen LogP contribution is -2.35. The van der Waals surface area contributed by atoms with E-state index in [4.69, 9.17) is 9.15 Å². The SMILES string of the molecule is COC(=O)c1cc(CNCCN2CCCCC2)oc1C. The average Bonchev–Trinajstić information content (AvgIpc) is 2.85. The van der Waals surface area contributed by atoms with Crippen molar-refractivity contribution >= 4 is 5.97 Å². The number of hydrogen-bond donors (Lipinski definition) is 1. The predicted molar refractivity (Wildman–Crippen MR) is 76.8 cm³/mol. The first-order valence-corrected chi connectivity index (χ1v) is 7.31. The van der Waals surface area contributed by atoms with Gasteiger partial charge in [0.05, 0.1) is 13.7 Å². The van der Waals surface area contributed by atoms with E-state index < -0.39 is 0 Å². The molecule has 0 saturated carbocycles. The van der Waals surface area contributed by atoms with Crippen LogP contribution in [0.4, 0.5) is 0 Å². The number of carbonyl (C=O) groups excluding carboxylic acids is 1. The molecule has 0 aliphatic carbocycles. The summed E-state index contributed by atoms with van der Waals surface area (Å²) >= 11 is 0. The van der Waals surface area contributed by atoms with E-state index in [0.717, 1.165) is 18.8 Å². The van der Waals surface area contributed by atoms with Crippen LogP contribution in [0.5, 0.6) is 0 Å². The number of hydrogen-bond acceptors (Lipinski definition) is 5. The Morgan fingerprint density at radius 3 is 2.85 bits per heavy atom. The van der Waals surface area contributed by atoms with Crippen LogP contribution in [0.3, 0.4) is 0 Å². The Morgan fingerprint density at radius 2 is 2.15 bits per heavy atom. The summed E-state index contributed by atoms with van der Waals surface area (Å²) < 4.78 is 10.3. The van der Waals surface area contributed by atoms with Gasteiger partial charge in [0.25, 0.3) is 0 Å². The topological polar surface area (TPSA) is 54.7 Å². The van der Waals surface area contributed by atoms with E-state index in [9.17, 15) is 4.79 Å². The molecule has 2 rings (SSSR count). The summed E-state index contributed by atoms with van der Waals surface area (Å²) in [5, 5.41) is 3.36. The number of ether oxygens (including phenoxy) is 1. The highest BCUT2D eigenvalue weighted by atomic mass is 16.5. The summed E-state index contributed by atoms with van der Waals surface area (Å²) in [4.78, 5) is 14.0. The highest BCUT2D eigenvalue weighted by molar-refractivity contribution is 5.90. The van der Waals surface area contributed by atoms with Crippen molar-refractivity contribution in [3.63, 3.8) is 0 Å². The van der Waals surface area contributed by atoms with Crippen molar-refractivity contribution in [1.29, 1.82) is 0 Å². The molecule has 5 heteroatoms. The van der Waals surface area contributed by atoms with E-state index in [1.165, 1.54) is 39.5 Å². The van der Waals surface area contributed by atoms with E-state index in [0.29, 0.717) is 17.9 Å². The molecule has 20 heavy (non-hydrogen) atoms. The van der Waals surface area contributed by atoms with Gasteiger partial charge < -0.3 is 19.4 Å². The van der Waals surface area contributed by atoms with Crippen LogP contribution in [0.15, 0.2) is 10.5 Å². The third-order valence-electron chi connectivity index (χ3n) is 3.73.